The van der Waals surface area contributed by atoms with Gasteiger partial charge >= 0.3 is 6.09 Å². The van der Waals surface area contributed by atoms with Gasteiger partial charge in [-0.2, -0.15) is 0 Å². The lowest BCUT2D eigenvalue weighted by atomic mass is 9.93. The Kier molecular flexibility index (Phi) is 5.80. The fourth-order valence-corrected chi connectivity index (χ4v) is 3.68. The molecule has 4 rings (SSSR count). The van der Waals surface area contributed by atoms with Gasteiger partial charge in [0.1, 0.15) is 12.6 Å². The Morgan fingerprint density at radius 2 is 1.60 bits per heavy atom. The summed E-state index contributed by atoms with van der Waals surface area (Å²) in [7, 11) is 0. The Labute approximate surface area is 176 Å². The van der Waals surface area contributed by atoms with Crippen molar-refractivity contribution >= 4 is 17.7 Å². The molecule has 0 unspecified atom stereocenters. The van der Waals surface area contributed by atoms with Crippen molar-refractivity contribution in [3.05, 3.63) is 101 Å². The van der Waals surface area contributed by atoms with E-state index in [9.17, 15) is 9.59 Å². The average Bonchev–Trinajstić information content (AvgIpc) is 2.78. The molecule has 1 atom stereocenters. The summed E-state index contributed by atoms with van der Waals surface area (Å²) in [5, 5.41) is 2.98. The van der Waals surface area contributed by atoms with Crippen LogP contribution >= 0.6 is 0 Å². The van der Waals surface area contributed by atoms with E-state index >= 15 is 0 Å². The van der Waals surface area contributed by atoms with Crippen molar-refractivity contribution in [3.8, 4) is 0 Å². The number of nitrogens with zero attached hydrogens (tertiary/aromatic N) is 1. The fourth-order valence-electron chi connectivity index (χ4n) is 3.68. The van der Waals surface area contributed by atoms with Crippen LogP contribution in [0.25, 0.3) is 0 Å². The third-order valence-electron chi connectivity index (χ3n) is 5.39. The van der Waals surface area contributed by atoms with Crippen molar-refractivity contribution in [2.75, 3.05) is 5.32 Å². The Morgan fingerprint density at radius 1 is 0.933 bits per heavy atom. The summed E-state index contributed by atoms with van der Waals surface area (Å²) in [6, 6.07) is 24.4. The number of fused-ring (bicyclic) bond motifs is 1. The van der Waals surface area contributed by atoms with Crippen LogP contribution in [0.15, 0.2) is 78.9 Å². The molecular weight excluding hydrogens is 376 g/mol. The number of hydrogen-bond donors (Lipinski definition) is 1. The summed E-state index contributed by atoms with van der Waals surface area (Å²) < 4.78 is 5.54. The summed E-state index contributed by atoms with van der Waals surface area (Å²) >= 11 is 0. The Hall–Kier alpha value is -3.60. The maximum absolute atomic E-state index is 13.2. The van der Waals surface area contributed by atoms with E-state index in [0.717, 1.165) is 27.9 Å². The number of benzene rings is 3. The molecule has 3 aromatic carbocycles. The number of carbonyl (C=O) groups is 2. The van der Waals surface area contributed by atoms with E-state index in [1.807, 2.05) is 85.8 Å². The monoisotopic (exact) mass is 400 g/mol. The molecule has 0 saturated heterocycles. The van der Waals surface area contributed by atoms with Crippen molar-refractivity contribution in [1.29, 1.82) is 0 Å². The normalized spacial score (nSPS) is 15.2. The lowest BCUT2D eigenvalue weighted by Gasteiger charge is -2.35. The minimum Gasteiger partial charge on any atom is -0.445 e. The average molecular weight is 400 g/mol. The second-order valence-electron chi connectivity index (χ2n) is 7.46. The Bertz CT molecular complexity index is 1050. The zero-order chi connectivity index (χ0) is 20.9. The van der Waals surface area contributed by atoms with Gasteiger partial charge in [-0.05, 0) is 35.2 Å². The molecule has 30 heavy (non-hydrogen) atoms. The van der Waals surface area contributed by atoms with Crippen LogP contribution in [0.3, 0.4) is 0 Å². The van der Waals surface area contributed by atoms with E-state index in [1.165, 1.54) is 4.90 Å². The van der Waals surface area contributed by atoms with Crippen LogP contribution in [0.5, 0.6) is 0 Å². The second kappa shape index (κ2) is 8.82. The SMILES string of the molecule is Cc1ccccc1NC(=O)[C@H]1Cc2ccccc2CN1C(=O)OCc1ccccc1. The molecule has 1 aliphatic heterocycles. The van der Waals surface area contributed by atoms with Crippen molar-refractivity contribution < 1.29 is 14.3 Å². The van der Waals surface area contributed by atoms with Crippen LogP contribution in [0.2, 0.25) is 0 Å². The molecule has 0 spiro atoms. The molecule has 0 radical (unpaired) electrons. The van der Waals surface area contributed by atoms with Crippen molar-refractivity contribution in [1.82, 2.24) is 4.90 Å². The zero-order valence-corrected chi connectivity index (χ0v) is 16.9. The molecule has 2 amide bonds. The van der Waals surface area contributed by atoms with Gasteiger partial charge in [0.05, 0.1) is 6.54 Å². The van der Waals surface area contributed by atoms with Crippen LogP contribution < -0.4 is 5.32 Å². The molecule has 5 nitrogen and oxygen atoms in total. The highest BCUT2D eigenvalue weighted by Gasteiger charge is 2.35. The molecule has 1 heterocycles. The first-order valence-corrected chi connectivity index (χ1v) is 10.0. The Morgan fingerprint density at radius 3 is 2.37 bits per heavy atom. The van der Waals surface area contributed by atoms with Gasteiger partial charge in [0.25, 0.3) is 0 Å². The van der Waals surface area contributed by atoms with E-state index in [-0.39, 0.29) is 12.5 Å². The number of nitrogens with one attached hydrogen (secondary N) is 1. The van der Waals surface area contributed by atoms with E-state index in [2.05, 4.69) is 5.32 Å². The number of carbonyl (C=O) groups excluding carboxylic acids is 2. The number of rotatable bonds is 4. The molecule has 1 N–H and O–H groups in total. The highest BCUT2D eigenvalue weighted by atomic mass is 16.6. The van der Waals surface area contributed by atoms with E-state index in [1.54, 1.807) is 0 Å². The number of aryl methyl sites for hydroxylation is 1. The van der Waals surface area contributed by atoms with Gasteiger partial charge in [-0.1, -0.05) is 72.8 Å². The minimum atomic E-state index is -0.636. The van der Waals surface area contributed by atoms with Crippen LogP contribution in [-0.4, -0.2) is 22.9 Å². The van der Waals surface area contributed by atoms with Crippen LogP contribution in [-0.2, 0) is 29.1 Å². The smallest absolute Gasteiger partial charge is 0.411 e. The lowest BCUT2D eigenvalue weighted by Crippen LogP contribution is -2.50. The molecule has 5 heteroatoms. The number of anilines is 1. The number of amides is 2. The minimum absolute atomic E-state index is 0.171. The first-order valence-electron chi connectivity index (χ1n) is 10.0. The maximum Gasteiger partial charge on any atom is 0.411 e. The number of ether oxygens (including phenoxy) is 1. The summed E-state index contributed by atoms with van der Waals surface area (Å²) in [5.74, 6) is -0.213. The van der Waals surface area contributed by atoms with Gasteiger partial charge in [0, 0.05) is 12.1 Å². The molecule has 1 aliphatic rings. The quantitative estimate of drug-likeness (QED) is 0.691. The predicted molar refractivity (Wildman–Crippen MR) is 116 cm³/mol. The lowest BCUT2D eigenvalue weighted by molar-refractivity contribution is -0.121. The van der Waals surface area contributed by atoms with Crippen LogP contribution in [0.4, 0.5) is 10.5 Å². The van der Waals surface area contributed by atoms with Crippen LogP contribution in [0.1, 0.15) is 22.3 Å². The first kappa shape index (κ1) is 19.7. The molecule has 0 fully saturated rings. The summed E-state index contributed by atoms with van der Waals surface area (Å²) in [4.78, 5) is 27.6. The third kappa shape index (κ3) is 4.35. The van der Waals surface area contributed by atoms with Gasteiger partial charge in [0.2, 0.25) is 5.91 Å². The molecule has 0 saturated carbocycles. The molecular formula is C25H24N2O3. The predicted octanol–water partition coefficient (Wildman–Crippen LogP) is 4.70. The van der Waals surface area contributed by atoms with Gasteiger partial charge in [0.15, 0.2) is 0 Å². The molecule has 0 aliphatic carbocycles. The first-order chi connectivity index (χ1) is 14.6. The van der Waals surface area contributed by atoms with E-state index in [0.29, 0.717) is 13.0 Å². The third-order valence-corrected chi connectivity index (χ3v) is 5.39. The molecule has 3 aromatic rings. The molecule has 152 valence electrons. The van der Waals surface area contributed by atoms with Crippen molar-refractivity contribution in [2.45, 2.75) is 32.5 Å². The largest absolute Gasteiger partial charge is 0.445 e. The number of hydrogen-bond acceptors (Lipinski definition) is 3. The van der Waals surface area contributed by atoms with E-state index < -0.39 is 12.1 Å². The van der Waals surface area contributed by atoms with E-state index in [4.69, 9.17) is 4.74 Å². The molecule has 0 aromatic heterocycles. The topological polar surface area (TPSA) is 58.6 Å². The highest BCUT2D eigenvalue weighted by Crippen LogP contribution is 2.26. The molecule has 0 bridgehead atoms. The highest BCUT2D eigenvalue weighted by molar-refractivity contribution is 5.97. The number of para-hydroxylation sites is 1. The maximum atomic E-state index is 13.2. The van der Waals surface area contributed by atoms with Crippen LogP contribution in [0, 0.1) is 6.92 Å². The van der Waals surface area contributed by atoms with Gasteiger partial charge in [-0.3, -0.25) is 9.69 Å². The fraction of sp³-hybridized carbons (Fsp3) is 0.200. The summed E-state index contributed by atoms with van der Waals surface area (Å²) in [6.45, 7) is 2.46. The van der Waals surface area contributed by atoms with Crippen molar-refractivity contribution in [3.63, 3.8) is 0 Å². The second-order valence-corrected chi connectivity index (χ2v) is 7.46. The summed E-state index contributed by atoms with van der Waals surface area (Å²) in [6.07, 6.45) is -0.0350. The summed E-state index contributed by atoms with van der Waals surface area (Å²) in [5.41, 5.74) is 4.74. The van der Waals surface area contributed by atoms with Gasteiger partial charge in [-0.15, -0.1) is 0 Å². The van der Waals surface area contributed by atoms with Gasteiger partial charge < -0.3 is 10.1 Å². The zero-order valence-electron chi connectivity index (χ0n) is 16.9. The Balaban J connectivity index is 1.54. The van der Waals surface area contributed by atoms with Gasteiger partial charge in [-0.25, -0.2) is 4.79 Å². The standard InChI is InChI=1S/C25H24N2O3/c1-18-9-5-8-14-22(18)26-24(28)23-15-20-12-6-7-13-21(20)16-27(23)25(29)30-17-19-10-3-2-4-11-19/h2-14,23H,15-17H2,1H3,(H,26,28)/t23-/m1/s1. The van der Waals surface area contributed by atoms with Crippen molar-refractivity contribution in [2.24, 2.45) is 0 Å².